The van der Waals surface area contributed by atoms with E-state index in [0.717, 1.165) is 27.1 Å². The van der Waals surface area contributed by atoms with Gasteiger partial charge in [0.1, 0.15) is 11.9 Å². The van der Waals surface area contributed by atoms with E-state index in [1.807, 2.05) is 37.3 Å². The average Bonchev–Trinajstić information content (AvgIpc) is 3.12. The summed E-state index contributed by atoms with van der Waals surface area (Å²) in [7, 11) is 3.40. The third kappa shape index (κ3) is 4.78. The highest BCUT2D eigenvalue weighted by Crippen LogP contribution is 2.29. The fraction of sp³-hybridized carbons (Fsp3) is 0.286. The van der Waals surface area contributed by atoms with Gasteiger partial charge in [-0.25, -0.2) is 0 Å². The number of hydrogen-bond acceptors (Lipinski definition) is 4. The van der Waals surface area contributed by atoms with Gasteiger partial charge in [0.2, 0.25) is 0 Å². The van der Waals surface area contributed by atoms with Crippen molar-refractivity contribution in [2.75, 3.05) is 20.7 Å². The minimum Gasteiger partial charge on any atom is -0.496 e. The lowest BCUT2D eigenvalue weighted by molar-refractivity contribution is 0.184. The maximum Gasteiger partial charge on any atom is 0.191 e. The predicted octanol–water partition coefficient (Wildman–Crippen LogP) is 3.62. The van der Waals surface area contributed by atoms with Gasteiger partial charge in [0.05, 0.1) is 7.11 Å². The molecule has 0 saturated carbocycles. The van der Waals surface area contributed by atoms with Crippen LogP contribution < -0.4 is 15.4 Å². The Labute approximate surface area is 163 Å². The zero-order chi connectivity index (χ0) is 19.2. The van der Waals surface area contributed by atoms with Crippen molar-refractivity contribution in [1.29, 1.82) is 0 Å². The third-order valence-electron chi connectivity index (χ3n) is 4.38. The topological polar surface area (TPSA) is 65.9 Å². The van der Waals surface area contributed by atoms with Crippen LogP contribution in [0.4, 0.5) is 0 Å². The van der Waals surface area contributed by atoms with Crippen molar-refractivity contribution in [1.82, 2.24) is 10.6 Å². The zero-order valence-corrected chi connectivity index (χ0v) is 16.6. The number of ether oxygens (including phenoxy) is 1. The number of aryl methyl sites for hydroxylation is 1. The molecule has 1 aromatic heterocycles. The largest absolute Gasteiger partial charge is 0.496 e. The number of nitrogens with one attached hydrogen (secondary N) is 2. The van der Waals surface area contributed by atoms with E-state index < -0.39 is 6.10 Å². The molecule has 0 aliphatic heterocycles. The molecule has 0 bridgehead atoms. The molecule has 142 valence electrons. The van der Waals surface area contributed by atoms with E-state index in [1.165, 1.54) is 4.70 Å². The first-order valence-corrected chi connectivity index (χ1v) is 9.67. The standard InChI is InChI=1S/C21H25N3O2S/c1-14-10-15(8-9-18(14)26-3)12-23-21(22-2)24-13-17(25)20-11-16-6-4-5-7-19(16)27-20/h4-11,17,25H,12-13H2,1-3H3,(H2,22,23,24). The van der Waals surface area contributed by atoms with Crippen molar-refractivity contribution in [2.45, 2.75) is 19.6 Å². The molecule has 0 aliphatic carbocycles. The van der Waals surface area contributed by atoms with Crippen LogP contribution in [0.15, 0.2) is 53.5 Å². The van der Waals surface area contributed by atoms with Crippen LogP contribution in [0.2, 0.25) is 0 Å². The van der Waals surface area contributed by atoms with Gasteiger partial charge in [-0.1, -0.05) is 30.3 Å². The first kappa shape index (κ1) is 19.2. The Morgan fingerprint density at radius 1 is 1.19 bits per heavy atom. The van der Waals surface area contributed by atoms with Gasteiger partial charge in [0.25, 0.3) is 0 Å². The fourth-order valence-corrected chi connectivity index (χ4v) is 3.97. The first-order chi connectivity index (χ1) is 13.1. The zero-order valence-electron chi connectivity index (χ0n) is 15.8. The second kappa shape index (κ2) is 8.88. The van der Waals surface area contributed by atoms with Gasteiger partial charge in [-0.05, 0) is 41.6 Å². The van der Waals surface area contributed by atoms with Crippen molar-refractivity contribution < 1.29 is 9.84 Å². The highest BCUT2D eigenvalue weighted by molar-refractivity contribution is 7.19. The van der Waals surface area contributed by atoms with Crippen molar-refractivity contribution in [3.05, 3.63) is 64.5 Å². The Balaban J connectivity index is 1.54. The van der Waals surface area contributed by atoms with E-state index in [2.05, 4.69) is 33.8 Å². The molecule has 0 aliphatic rings. The molecule has 0 fully saturated rings. The molecular formula is C21H25N3O2S. The van der Waals surface area contributed by atoms with Crippen molar-refractivity contribution >= 4 is 27.4 Å². The molecule has 6 heteroatoms. The van der Waals surface area contributed by atoms with E-state index >= 15 is 0 Å². The lowest BCUT2D eigenvalue weighted by Gasteiger charge is -2.15. The van der Waals surface area contributed by atoms with Gasteiger partial charge in [0.15, 0.2) is 5.96 Å². The molecule has 3 aromatic rings. The molecule has 2 aromatic carbocycles. The van der Waals surface area contributed by atoms with E-state index in [9.17, 15) is 5.11 Å². The lowest BCUT2D eigenvalue weighted by Crippen LogP contribution is -2.38. The average molecular weight is 384 g/mol. The number of hydrogen-bond donors (Lipinski definition) is 3. The van der Waals surface area contributed by atoms with Gasteiger partial charge < -0.3 is 20.5 Å². The second-order valence-corrected chi connectivity index (χ2v) is 7.43. The monoisotopic (exact) mass is 383 g/mol. The highest BCUT2D eigenvalue weighted by Gasteiger charge is 2.12. The molecule has 5 nitrogen and oxygen atoms in total. The molecule has 3 N–H and O–H groups in total. The number of rotatable bonds is 6. The molecule has 0 amide bonds. The molecule has 1 heterocycles. The minimum absolute atomic E-state index is 0.397. The summed E-state index contributed by atoms with van der Waals surface area (Å²) in [6.45, 7) is 3.06. The molecule has 3 rings (SSSR count). The SMILES string of the molecule is CN=C(NCc1ccc(OC)c(C)c1)NCC(O)c1cc2ccccc2s1. The maximum absolute atomic E-state index is 10.5. The number of aliphatic imine (C=N–C) groups is 1. The van der Waals surface area contributed by atoms with Gasteiger partial charge in [-0.15, -0.1) is 11.3 Å². The molecule has 1 atom stereocenters. The minimum atomic E-state index is -0.579. The number of fused-ring (bicyclic) bond motifs is 1. The second-order valence-electron chi connectivity index (χ2n) is 6.31. The molecule has 0 spiro atoms. The number of nitrogens with zero attached hydrogens (tertiary/aromatic N) is 1. The number of aliphatic hydroxyl groups excluding tert-OH is 1. The van der Waals surface area contributed by atoms with E-state index in [-0.39, 0.29) is 0 Å². The summed E-state index contributed by atoms with van der Waals surface area (Å²) in [5, 5.41) is 18.1. The normalized spacial score (nSPS) is 12.8. The van der Waals surface area contributed by atoms with Crippen LogP contribution in [-0.2, 0) is 6.54 Å². The van der Waals surface area contributed by atoms with Crippen LogP contribution in [-0.4, -0.2) is 31.8 Å². The summed E-state index contributed by atoms with van der Waals surface area (Å²) in [5.41, 5.74) is 2.24. The van der Waals surface area contributed by atoms with Gasteiger partial charge in [0, 0.05) is 29.7 Å². The van der Waals surface area contributed by atoms with Crippen LogP contribution in [0.5, 0.6) is 5.75 Å². The molecule has 27 heavy (non-hydrogen) atoms. The molecule has 1 unspecified atom stereocenters. The summed E-state index contributed by atoms with van der Waals surface area (Å²) < 4.78 is 6.48. The van der Waals surface area contributed by atoms with Crippen molar-refractivity contribution in [2.24, 2.45) is 4.99 Å². The van der Waals surface area contributed by atoms with E-state index in [0.29, 0.717) is 19.0 Å². The Kier molecular flexibility index (Phi) is 6.32. The van der Waals surface area contributed by atoms with Crippen molar-refractivity contribution in [3.63, 3.8) is 0 Å². The Morgan fingerprint density at radius 3 is 2.70 bits per heavy atom. The van der Waals surface area contributed by atoms with E-state index in [4.69, 9.17) is 4.74 Å². The predicted molar refractivity (Wildman–Crippen MR) is 113 cm³/mol. The van der Waals surface area contributed by atoms with Crippen LogP contribution >= 0.6 is 11.3 Å². The molecule has 0 saturated heterocycles. The van der Waals surface area contributed by atoms with Crippen LogP contribution in [0.3, 0.4) is 0 Å². The van der Waals surface area contributed by atoms with Crippen LogP contribution in [0, 0.1) is 6.92 Å². The van der Waals surface area contributed by atoms with Gasteiger partial charge in [-0.3, -0.25) is 4.99 Å². The Morgan fingerprint density at radius 2 is 2.00 bits per heavy atom. The third-order valence-corrected chi connectivity index (χ3v) is 5.60. The number of benzene rings is 2. The summed E-state index contributed by atoms with van der Waals surface area (Å²) in [4.78, 5) is 5.18. The summed E-state index contributed by atoms with van der Waals surface area (Å²) in [6, 6.07) is 16.3. The quantitative estimate of drug-likeness (QED) is 0.449. The summed E-state index contributed by atoms with van der Waals surface area (Å²) in [6.07, 6.45) is -0.579. The highest BCUT2D eigenvalue weighted by atomic mass is 32.1. The van der Waals surface area contributed by atoms with Crippen LogP contribution in [0.1, 0.15) is 22.1 Å². The number of aliphatic hydroxyl groups is 1. The van der Waals surface area contributed by atoms with Gasteiger partial charge in [-0.2, -0.15) is 0 Å². The Bertz CT molecular complexity index is 903. The van der Waals surface area contributed by atoms with Crippen molar-refractivity contribution in [3.8, 4) is 5.75 Å². The summed E-state index contributed by atoms with van der Waals surface area (Å²) >= 11 is 1.62. The van der Waals surface area contributed by atoms with Gasteiger partial charge >= 0.3 is 0 Å². The van der Waals surface area contributed by atoms with E-state index in [1.54, 1.807) is 25.5 Å². The lowest BCUT2D eigenvalue weighted by atomic mass is 10.1. The fourth-order valence-electron chi connectivity index (χ4n) is 2.92. The number of thiophene rings is 1. The smallest absolute Gasteiger partial charge is 0.191 e. The molecule has 0 radical (unpaired) electrons. The summed E-state index contributed by atoms with van der Waals surface area (Å²) in [5.74, 6) is 1.54. The molecular weight excluding hydrogens is 358 g/mol. The maximum atomic E-state index is 10.5. The number of guanidine groups is 1. The number of methoxy groups -OCH3 is 1. The van der Waals surface area contributed by atoms with Crippen LogP contribution in [0.25, 0.3) is 10.1 Å². The Hall–Kier alpha value is -2.57. The first-order valence-electron chi connectivity index (χ1n) is 8.85.